The van der Waals surface area contributed by atoms with Gasteiger partial charge < -0.3 is 19.9 Å². The number of nitrogens with zero attached hydrogens (tertiary/aromatic N) is 1. The Balaban J connectivity index is 1.49. The molecule has 202 valence electrons. The highest BCUT2D eigenvalue weighted by atomic mass is 16.3. The Hall–Kier alpha value is -4.03. The number of piperidine rings is 1. The fraction of sp³-hybridized carbons (Fsp3) is 0.303. The lowest BCUT2D eigenvalue weighted by molar-refractivity contribution is 0.0955. The standard InChI is InChI=1S/C33H36N2O4/c1-2-34-33(38)28-22-39-32(31(28)25-14-12-24(13-15-25)21-35-17-7-4-8-18-35)27-19-26(29(36)20-30(27)37)16-11-23-9-5-3-6-10-23/h3,5-6,9-10,12-15,19-20,22,36-37H,2,4,7-8,11,16-18,21H2,1H3,(H,34,38). The molecule has 1 aromatic heterocycles. The zero-order chi connectivity index (χ0) is 27.2. The van der Waals surface area contributed by atoms with Gasteiger partial charge in [0.05, 0.1) is 11.1 Å². The normalized spacial score (nSPS) is 13.9. The van der Waals surface area contributed by atoms with Gasteiger partial charge in [0.25, 0.3) is 5.91 Å². The molecule has 2 heterocycles. The number of hydrogen-bond donors (Lipinski definition) is 3. The van der Waals surface area contributed by atoms with Crippen LogP contribution in [0.4, 0.5) is 0 Å². The molecule has 6 nitrogen and oxygen atoms in total. The Morgan fingerprint density at radius 3 is 2.36 bits per heavy atom. The van der Waals surface area contributed by atoms with Crippen LogP contribution in [0.5, 0.6) is 11.5 Å². The van der Waals surface area contributed by atoms with Gasteiger partial charge in [-0.25, -0.2) is 0 Å². The molecule has 0 bridgehead atoms. The average Bonchev–Trinajstić information content (AvgIpc) is 3.39. The number of nitrogens with one attached hydrogen (secondary N) is 1. The largest absolute Gasteiger partial charge is 0.508 e. The molecule has 0 saturated carbocycles. The summed E-state index contributed by atoms with van der Waals surface area (Å²) in [7, 11) is 0. The number of amides is 1. The van der Waals surface area contributed by atoms with Crippen molar-refractivity contribution in [2.75, 3.05) is 19.6 Å². The maximum absolute atomic E-state index is 13.0. The number of phenols is 2. The van der Waals surface area contributed by atoms with E-state index in [1.165, 1.54) is 37.2 Å². The summed E-state index contributed by atoms with van der Waals surface area (Å²) in [6, 6.07) is 21.4. The predicted octanol–water partition coefficient (Wildman–Crippen LogP) is 6.55. The van der Waals surface area contributed by atoms with Crippen LogP contribution in [0.1, 0.15) is 53.2 Å². The molecule has 0 radical (unpaired) electrons. The molecule has 1 aliphatic rings. The van der Waals surface area contributed by atoms with Crippen LogP contribution >= 0.6 is 0 Å². The molecule has 4 aromatic rings. The Labute approximate surface area is 229 Å². The van der Waals surface area contributed by atoms with E-state index in [0.29, 0.717) is 41.0 Å². The average molecular weight is 525 g/mol. The number of hydrogen-bond acceptors (Lipinski definition) is 5. The summed E-state index contributed by atoms with van der Waals surface area (Å²) >= 11 is 0. The summed E-state index contributed by atoms with van der Waals surface area (Å²) in [5.41, 5.74) is 5.40. The molecule has 0 atom stereocenters. The Bertz CT molecular complexity index is 1400. The minimum Gasteiger partial charge on any atom is -0.508 e. The third kappa shape index (κ3) is 6.18. The maximum Gasteiger partial charge on any atom is 0.255 e. The van der Waals surface area contributed by atoms with Gasteiger partial charge in [0.1, 0.15) is 23.5 Å². The monoisotopic (exact) mass is 524 g/mol. The number of rotatable bonds is 9. The van der Waals surface area contributed by atoms with E-state index in [4.69, 9.17) is 4.42 Å². The lowest BCUT2D eigenvalue weighted by Gasteiger charge is -2.26. The molecule has 3 N–H and O–H groups in total. The summed E-state index contributed by atoms with van der Waals surface area (Å²) < 4.78 is 5.98. The lowest BCUT2D eigenvalue weighted by atomic mass is 9.94. The first-order valence-corrected chi connectivity index (χ1v) is 13.8. The van der Waals surface area contributed by atoms with Crippen molar-refractivity contribution in [1.29, 1.82) is 0 Å². The molecule has 0 aliphatic carbocycles. The van der Waals surface area contributed by atoms with Crippen LogP contribution < -0.4 is 5.32 Å². The number of phenolic OH excluding ortho intramolecular Hbond substituents is 2. The van der Waals surface area contributed by atoms with Gasteiger partial charge >= 0.3 is 0 Å². The quantitative estimate of drug-likeness (QED) is 0.231. The van der Waals surface area contributed by atoms with E-state index in [2.05, 4.69) is 34.5 Å². The summed E-state index contributed by atoms with van der Waals surface area (Å²) in [5, 5.41) is 24.3. The molecular weight excluding hydrogens is 488 g/mol. The van der Waals surface area contributed by atoms with Crippen molar-refractivity contribution in [1.82, 2.24) is 10.2 Å². The van der Waals surface area contributed by atoms with Crippen LogP contribution in [-0.2, 0) is 19.4 Å². The van der Waals surface area contributed by atoms with Crippen LogP contribution in [0, 0.1) is 0 Å². The van der Waals surface area contributed by atoms with E-state index in [9.17, 15) is 15.0 Å². The van der Waals surface area contributed by atoms with Gasteiger partial charge in [0.2, 0.25) is 0 Å². The fourth-order valence-electron chi connectivity index (χ4n) is 5.35. The number of benzene rings is 3. The molecule has 1 amide bonds. The Kier molecular flexibility index (Phi) is 8.33. The number of aryl methyl sites for hydroxylation is 2. The number of likely N-dealkylation sites (tertiary alicyclic amines) is 1. The smallest absolute Gasteiger partial charge is 0.255 e. The predicted molar refractivity (Wildman–Crippen MR) is 154 cm³/mol. The van der Waals surface area contributed by atoms with Crippen LogP contribution in [0.15, 0.2) is 77.4 Å². The molecule has 3 aromatic carbocycles. The van der Waals surface area contributed by atoms with Crippen molar-refractivity contribution in [2.45, 2.75) is 45.6 Å². The molecular formula is C33H36N2O4. The third-order valence-electron chi connectivity index (χ3n) is 7.44. The molecule has 0 spiro atoms. The molecule has 5 rings (SSSR count). The van der Waals surface area contributed by atoms with Crippen LogP contribution in [0.25, 0.3) is 22.5 Å². The summed E-state index contributed by atoms with van der Waals surface area (Å²) in [4.78, 5) is 15.5. The molecule has 6 heteroatoms. The third-order valence-corrected chi connectivity index (χ3v) is 7.44. The molecule has 39 heavy (non-hydrogen) atoms. The van der Waals surface area contributed by atoms with E-state index >= 15 is 0 Å². The Morgan fingerprint density at radius 2 is 1.64 bits per heavy atom. The minimum absolute atomic E-state index is 0.0336. The van der Waals surface area contributed by atoms with Gasteiger partial charge in [0.15, 0.2) is 0 Å². The van der Waals surface area contributed by atoms with Gasteiger partial charge in [0, 0.05) is 24.7 Å². The summed E-state index contributed by atoms with van der Waals surface area (Å²) in [6.07, 6.45) is 6.58. The van der Waals surface area contributed by atoms with E-state index < -0.39 is 0 Å². The van der Waals surface area contributed by atoms with Gasteiger partial charge in [-0.15, -0.1) is 0 Å². The SMILES string of the molecule is CCNC(=O)c1coc(-c2cc(CCc3ccccc3)c(O)cc2O)c1-c1ccc(CN2CCCCC2)cc1. The van der Waals surface area contributed by atoms with Gasteiger partial charge in [-0.2, -0.15) is 0 Å². The number of furan rings is 1. The first kappa shape index (κ1) is 26.6. The van der Waals surface area contributed by atoms with E-state index in [0.717, 1.165) is 37.2 Å². The van der Waals surface area contributed by atoms with Crippen molar-refractivity contribution < 1.29 is 19.4 Å². The van der Waals surface area contributed by atoms with Crippen molar-refractivity contribution >= 4 is 5.91 Å². The number of aromatic hydroxyl groups is 2. The zero-order valence-electron chi connectivity index (χ0n) is 22.5. The van der Waals surface area contributed by atoms with Crippen molar-refractivity contribution in [3.63, 3.8) is 0 Å². The molecule has 1 saturated heterocycles. The fourth-order valence-corrected chi connectivity index (χ4v) is 5.35. The Morgan fingerprint density at radius 1 is 0.897 bits per heavy atom. The van der Waals surface area contributed by atoms with E-state index in [1.54, 1.807) is 6.07 Å². The van der Waals surface area contributed by atoms with Crippen molar-refractivity contribution in [2.24, 2.45) is 0 Å². The number of carbonyl (C=O) groups excluding carboxylic acids is 1. The highest BCUT2D eigenvalue weighted by molar-refractivity contribution is 6.04. The topological polar surface area (TPSA) is 85.9 Å². The summed E-state index contributed by atoms with van der Waals surface area (Å²) in [6.45, 7) is 5.52. The lowest BCUT2D eigenvalue weighted by Crippen LogP contribution is -2.29. The molecule has 1 fully saturated rings. The number of carbonyl (C=O) groups is 1. The molecule has 1 aliphatic heterocycles. The minimum atomic E-state index is -0.234. The second kappa shape index (κ2) is 12.2. The van der Waals surface area contributed by atoms with Crippen molar-refractivity contribution in [3.05, 3.63) is 95.2 Å². The zero-order valence-corrected chi connectivity index (χ0v) is 22.5. The summed E-state index contributed by atoms with van der Waals surface area (Å²) in [5.74, 6) is 0.1000. The van der Waals surface area contributed by atoms with Gasteiger partial charge in [-0.3, -0.25) is 9.69 Å². The highest BCUT2D eigenvalue weighted by Gasteiger charge is 2.25. The van der Waals surface area contributed by atoms with Crippen LogP contribution in [0.3, 0.4) is 0 Å². The second-order valence-electron chi connectivity index (χ2n) is 10.2. The van der Waals surface area contributed by atoms with Gasteiger partial charge in [-0.05, 0) is 74.0 Å². The molecule has 0 unspecified atom stereocenters. The van der Waals surface area contributed by atoms with Crippen LogP contribution in [-0.4, -0.2) is 40.7 Å². The maximum atomic E-state index is 13.0. The van der Waals surface area contributed by atoms with Crippen LogP contribution in [0.2, 0.25) is 0 Å². The van der Waals surface area contributed by atoms with E-state index in [-0.39, 0.29) is 17.4 Å². The first-order valence-electron chi connectivity index (χ1n) is 13.8. The van der Waals surface area contributed by atoms with E-state index in [1.807, 2.05) is 37.3 Å². The van der Waals surface area contributed by atoms with Crippen molar-refractivity contribution in [3.8, 4) is 33.9 Å². The van der Waals surface area contributed by atoms with Gasteiger partial charge in [-0.1, -0.05) is 61.0 Å². The highest BCUT2D eigenvalue weighted by Crippen LogP contribution is 2.43. The first-order chi connectivity index (χ1) is 19.0. The second-order valence-corrected chi connectivity index (χ2v) is 10.2.